The maximum atomic E-state index is 12.5. The van der Waals surface area contributed by atoms with Crippen molar-refractivity contribution in [3.63, 3.8) is 0 Å². The number of halogens is 3. The third-order valence-corrected chi connectivity index (χ3v) is 3.67. The number of rotatable bonds is 6. The van der Waals surface area contributed by atoms with Gasteiger partial charge in [0.05, 0.1) is 19.2 Å². The third-order valence-electron chi connectivity index (χ3n) is 3.67. The Labute approximate surface area is 144 Å². The highest BCUT2D eigenvalue weighted by molar-refractivity contribution is 5.92. The van der Waals surface area contributed by atoms with Gasteiger partial charge in [0.2, 0.25) is 5.91 Å². The Morgan fingerprint density at radius 3 is 2.36 bits per heavy atom. The van der Waals surface area contributed by atoms with Crippen molar-refractivity contribution in [2.45, 2.75) is 19.1 Å². The first kappa shape index (κ1) is 18.8. The number of methoxy groups -OCH3 is 1. The fourth-order valence-electron chi connectivity index (χ4n) is 2.33. The van der Waals surface area contributed by atoms with Crippen LogP contribution >= 0.6 is 0 Å². The summed E-state index contributed by atoms with van der Waals surface area (Å²) in [6, 6.07) is 11.6. The summed E-state index contributed by atoms with van der Waals surface area (Å²) in [5.41, 5.74) is 0.463. The molecule has 134 valence electrons. The van der Waals surface area contributed by atoms with E-state index in [-0.39, 0.29) is 18.5 Å². The van der Waals surface area contributed by atoms with Gasteiger partial charge in [0, 0.05) is 17.3 Å². The van der Waals surface area contributed by atoms with Crippen molar-refractivity contribution < 1.29 is 22.7 Å². The lowest BCUT2D eigenvalue weighted by atomic mass is 10.1. The van der Waals surface area contributed by atoms with E-state index in [1.807, 2.05) is 31.2 Å². The van der Waals surface area contributed by atoms with E-state index in [2.05, 4.69) is 10.6 Å². The summed E-state index contributed by atoms with van der Waals surface area (Å²) in [6.45, 7) is 1.91. The smallest absolute Gasteiger partial charge is 0.416 e. The lowest BCUT2D eigenvalue weighted by Crippen LogP contribution is -2.30. The number of hydrogen-bond acceptors (Lipinski definition) is 3. The standard InChI is InChI=1S/C18H19F3N2O2/c1-12(15-5-3-4-6-16(15)25-2)22-11-17(24)23-14-9-7-13(8-10-14)18(19,20)21/h3-10,12,22H,11H2,1-2H3,(H,23,24)/t12-/m0/s1. The van der Waals surface area contributed by atoms with Gasteiger partial charge in [-0.25, -0.2) is 0 Å². The van der Waals surface area contributed by atoms with Gasteiger partial charge in [-0.3, -0.25) is 4.79 Å². The molecule has 0 aromatic heterocycles. The summed E-state index contributed by atoms with van der Waals surface area (Å²) in [4.78, 5) is 12.0. The molecule has 25 heavy (non-hydrogen) atoms. The van der Waals surface area contributed by atoms with E-state index >= 15 is 0 Å². The Bertz CT molecular complexity index is 715. The minimum absolute atomic E-state index is 0.0141. The van der Waals surface area contributed by atoms with Crippen LogP contribution < -0.4 is 15.4 Å². The van der Waals surface area contributed by atoms with Gasteiger partial charge >= 0.3 is 6.18 Å². The van der Waals surface area contributed by atoms with E-state index in [9.17, 15) is 18.0 Å². The molecular weight excluding hydrogens is 333 g/mol. The number of benzene rings is 2. The molecule has 0 heterocycles. The molecule has 2 aromatic carbocycles. The molecule has 2 aromatic rings. The van der Waals surface area contributed by atoms with Crippen LogP contribution in [-0.2, 0) is 11.0 Å². The predicted octanol–water partition coefficient (Wildman–Crippen LogP) is 4.00. The van der Waals surface area contributed by atoms with Crippen molar-refractivity contribution in [2.24, 2.45) is 0 Å². The van der Waals surface area contributed by atoms with Crippen LogP contribution in [0.25, 0.3) is 0 Å². The topological polar surface area (TPSA) is 50.4 Å². The fraction of sp³-hybridized carbons (Fsp3) is 0.278. The van der Waals surface area contributed by atoms with Crippen LogP contribution in [0.2, 0.25) is 0 Å². The average molecular weight is 352 g/mol. The SMILES string of the molecule is COc1ccccc1[C@H](C)NCC(=O)Nc1ccc(C(F)(F)F)cc1. The molecule has 0 aliphatic carbocycles. The van der Waals surface area contributed by atoms with Crippen molar-refractivity contribution in [2.75, 3.05) is 19.0 Å². The number of hydrogen-bond donors (Lipinski definition) is 2. The Hall–Kier alpha value is -2.54. The fourth-order valence-corrected chi connectivity index (χ4v) is 2.33. The summed E-state index contributed by atoms with van der Waals surface area (Å²) < 4.78 is 42.8. The molecule has 0 radical (unpaired) electrons. The van der Waals surface area contributed by atoms with Crippen molar-refractivity contribution in [1.82, 2.24) is 5.32 Å². The molecule has 2 N–H and O–H groups in total. The monoisotopic (exact) mass is 352 g/mol. The molecule has 0 aliphatic rings. The van der Waals surface area contributed by atoms with Crippen LogP contribution in [0.15, 0.2) is 48.5 Å². The second-order valence-electron chi connectivity index (χ2n) is 5.47. The zero-order valence-electron chi connectivity index (χ0n) is 13.9. The van der Waals surface area contributed by atoms with Crippen molar-refractivity contribution >= 4 is 11.6 Å². The molecule has 0 spiro atoms. The highest BCUT2D eigenvalue weighted by atomic mass is 19.4. The van der Waals surface area contributed by atoms with Gasteiger partial charge in [0.15, 0.2) is 0 Å². The molecule has 7 heteroatoms. The van der Waals surface area contributed by atoms with E-state index in [1.54, 1.807) is 7.11 Å². The number of nitrogens with one attached hydrogen (secondary N) is 2. The molecule has 1 atom stereocenters. The van der Waals surface area contributed by atoms with Crippen LogP contribution in [0.5, 0.6) is 5.75 Å². The summed E-state index contributed by atoms with van der Waals surface area (Å²) >= 11 is 0. The largest absolute Gasteiger partial charge is 0.496 e. The normalized spacial score (nSPS) is 12.5. The minimum atomic E-state index is -4.39. The summed E-state index contributed by atoms with van der Waals surface area (Å²) in [5.74, 6) is 0.368. The quantitative estimate of drug-likeness (QED) is 0.826. The lowest BCUT2D eigenvalue weighted by molar-refractivity contribution is -0.137. The number of para-hydroxylation sites is 1. The van der Waals surface area contributed by atoms with Crippen molar-refractivity contribution in [1.29, 1.82) is 0 Å². The maximum absolute atomic E-state index is 12.5. The van der Waals surface area contributed by atoms with Gasteiger partial charge in [-0.1, -0.05) is 18.2 Å². The van der Waals surface area contributed by atoms with Crippen LogP contribution in [0, 0.1) is 0 Å². The first-order valence-corrected chi connectivity index (χ1v) is 7.64. The molecule has 0 aliphatic heterocycles. The Morgan fingerprint density at radius 2 is 1.76 bits per heavy atom. The molecular formula is C18H19F3N2O2. The van der Waals surface area contributed by atoms with E-state index in [4.69, 9.17) is 4.74 Å². The minimum Gasteiger partial charge on any atom is -0.496 e. The molecule has 4 nitrogen and oxygen atoms in total. The number of alkyl halides is 3. The highest BCUT2D eigenvalue weighted by Crippen LogP contribution is 2.29. The molecule has 0 bridgehead atoms. The first-order chi connectivity index (χ1) is 11.8. The Morgan fingerprint density at radius 1 is 1.12 bits per heavy atom. The van der Waals surface area contributed by atoms with Crippen LogP contribution in [0.1, 0.15) is 24.1 Å². The Kier molecular flexibility index (Phi) is 6.03. The number of anilines is 1. The lowest BCUT2D eigenvalue weighted by Gasteiger charge is -2.17. The molecule has 0 saturated carbocycles. The van der Waals surface area contributed by atoms with E-state index in [0.717, 1.165) is 17.7 Å². The predicted molar refractivity (Wildman–Crippen MR) is 89.5 cm³/mol. The molecule has 1 amide bonds. The molecule has 0 saturated heterocycles. The van der Waals surface area contributed by atoms with Gasteiger partial charge in [-0.2, -0.15) is 13.2 Å². The second-order valence-corrected chi connectivity index (χ2v) is 5.47. The van der Waals surface area contributed by atoms with Gasteiger partial charge < -0.3 is 15.4 Å². The zero-order chi connectivity index (χ0) is 18.4. The number of carbonyl (C=O) groups excluding carboxylic acids is 1. The number of amides is 1. The van der Waals surface area contributed by atoms with E-state index in [1.165, 1.54) is 12.1 Å². The number of carbonyl (C=O) groups is 1. The van der Waals surface area contributed by atoms with Crippen LogP contribution in [0.4, 0.5) is 18.9 Å². The number of ether oxygens (including phenoxy) is 1. The Balaban J connectivity index is 1.90. The van der Waals surface area contributed by atoms with Crippen molar-refractivity contribution in [3.05, 3.63) is 59.7 Å². The summed E-state index contributed by atoms with van der Waals surface area (Å²) in [5, 5.41) is 5.61. The molecule has 0 fully saturated rings. The van der Waals surface area contributed by atoms with Gasteiger partial charge in [0.1, 0.15) is 5.75 Å². The van der Waals surface area contributed by atoms with Gasteiger partial charge in [-0.15, -0.1) is 0 Å². The van der Waals surface area contributed by atoms with Gasteiger partial charge in [-0.05, 0) is 37.3 Å². The van der Waals surface area contributed by atoms with E-state index in [0.29, 0.717) is 11.4 Å². The maximum Gasteiger partial charge on any atom is 0.416 e. The summed E-state index contributed by atoms with van der Waals surface area (Å²) in [7, 11) is 1.57. The highest BCUT2D eigenvalue weighted by Gasteiger charge is 2.29. The van der Waals surface area contributed by atoms with E-state index < -0.39 is 11.7 Å². The first-order valence-electron chi connectivity index (χ1n) is 7.64. The molecule has 0 unspecified atom stereocenters. The summed E-state index contributed by atoms with van der Waals surface area (Å²) in [6.07, 6.45) is -4.39. The van der Waals surface area contributed by atoms with Gasteiger partial charge in [0.25, 0.3) is 0 Å². The second kappa shape index (κ2) is 8.02. The van der Waals surface area contributed by atoms with Crippen LogP contribution in [0.3, 0.4) is 0 Å². The molecule has 2 rings (SSSR count). The third kappa shape index (κ3) is 5.22. The van der Waals surface area contributed by atoms with Crippen molar-refractivity contribution in [3.8, 4) is 5.75 Å². The van der Waals surface area contributed by atoms with Crippen LogP contribution in [-0.4, -0.2) is 19.6 Å². The average Bonchev–Trinajstić information content (AvgIpc) is 2.59. The zero-order valence-corrected chi connectivity index (χ0v) is 13.9.